The van der Waals surface area contributed by atoms with Crippen molar-refractivity contribution in [3.05, 3.63) is 82.3 Å². The Morgan fingerprint density at radius 2 is 1.53 bits per heavy atom. The molecule has 0 unspecified atom stereocenters. The first kappa shape index (κ1) is 43.0. The number of halogens is 1. The van der Waals surface area contributed by atoms with E-state index in [2.05, 4.69) is 40.7 Å². The van der Waals surface area contributed by atoms with Crippen molar-refractivity contribution in [2.45, 2.75) is 118 Å². The molecular formula is C47H62ClN5O5. The van der Waals surface area contributed by atoms with Crippen LogP contribution in [-0.2, 0) is 29.5 Å². The molecule has 2 aliphatic rings. The number of nitrogens with zero attached hydrogens (tertiary/aromatic N) is 5. The monoisotopic (exact) mass is 811 g/mol. The molecular weight excluding hydrogens is 750 g/mol. The van der Waals surface area contributed by atoms with E-state index in [4.69, 9.17) is 30.9 Å². The fraction of sp³-hybridized carbons (Fsp3) is 0.511. The number of esters is 1. The highest BCUT2D eigenvalue weighted by Crippen LogP contribution is 2.46. The summed E-state index contributed by atoms with van der Waals surface area (Å²) >= 11 is 7.20. The summed E-state index contributed by atoms with van der Waals surface area (Å²) in [5.74, 6) is 0.478. The van der Waals surface area contributed by atoms with Crippen molar-refractivity contribution in [1.29, 1.82) is 0 Å². The number of amides is 1. The van der Waals surface area contributed by atoms with Crippen LogP contribution in [0.3, 0.4) is 0 Å². The zero-order valence-electron chi connectivity index (χ0n) is 36.4. The van der Waals surface area contributed by atoms with Crippen LogP contribution in [0.5, 0.6) is 5.75 Å². The van der Waals surface area contributed by atoms with Gasteiger partial charge in [0.2, 0.25) is 0 Å². The molecule has 58 heavy (non-hydrogen) atoms. The Morgan fingerprint density at radius 1 is 0.845 bits per heavy atom. The molecule has 0 bridgehead atoms. The lowest BCUT2D eigenvalue weighted by atomic mass is 9.98. The first-order valence-electron chi connectivity index (χ1n) is 20.9. The number of piperazine rings is 1. The Morgan fingerprint density at radius 3 is 2.19 bits per heavy atom. The summed E-state index contributed by atoms with van der Waals surface area (Å²) < 4.78 is 22.4. The maximum absolute atomic E-state index is 14.6. The molecule has 5 aromatic rings. The van der Waals surface area contributed by atoms with Crippen molar-refractivity contribution in [3.63, 3.8) is 0 Å². The molecule has 3 aromatic carbocycles. The number of carbonyl (C=O) groups excluding carboxylic acids is 2. The number of aromatic nitrogens is 3. The Hall–Kier alpha value is -4.54. The van der Waals surface area contributed by atoms with Gasteiger partial charge in [-0.15, -0.1) is 0 Å². The van der Waals surface area contributed by atoms with Crippen LogP contribution in [0.1, 0.15) is 102 Å². The number of rotatable bonds is 10. The minimum Gasteiger partial charge on any atom is -0.493 e. The van der Waals surface area contributed by atoms with Crippen molar-refractivity contribution in [2.75, 3.05) is 32.8 Å². The van der Waals surface area contributed by atoms with Crippen molar-refractivity contribution >= 4 is 45.3 Å². The van der Waals surface area contributed by atoms with E-state index in [1.165, 1.54) is 0 Å². The number of benzene rings is 3. The largest absolute Gasteiger partial charge is 0.493 e. The molecule has 1 saturated carbocycles. The minimum atomic E-state index is -0.708. The fourth-order valence-electron chi connectivity index (χ4n) is 8.34. The number of ether oxygens (including phenoxy) is 3. The van der Waals surface area contributed by atoms with E-state index < -0.39 is 11.2 Å². The quantitative estimate of drug-likeness (QED) is 0.102. The van der Waals surface area contributed by atoms with E-state index in [-0.39, 0.29) is 17.6 Å². The van der Waals surface area contributed by atoms with Crippen molar-refractivity contribution in [1.82, 2.24) is 24.1 Å². The number of aryl methyl sites for hydroxylation is 3. The van der Waals surface area contributed by atoms with Crippen LogP contribution in [-0.4, -0.2) is 85.7 Å². The lowest BCUT2D eigenvalue weighted by molar-refractivity contribution is -0.00216. The van der Waals surface area contributed by atoms with E-state index in [1.807, 2.05) is 109 Å². The maximum Gasteiger partial charge on any atom is 0.410 e. The molecule has 2 fully saturated rings. The van der Waals surface area contributed by atoms with E-state index in [1.54, 1.807) is 0 Å². The van der Waals surface area contributed by atoms with Crippen LogP contribution in [0.25, 0.3) is 32.8 Å². The molecule has 0 atom stereocenters. The van der Waals surface area contributed by atoms with Gasteiger partial charge < -0.3 is 23.7 Å². The molecule has 0 N–H and O–H groups in total. The number of carbonyl (C=O) groups is 2. The SMILES string of the molecule is CC.Cc1nn(C)c(C)c1-c1c(Cl)ccc2c(CCCOc3cccc4ccccc34)c(C(=O)OC(C)(C)C)n(CCN3CCN(C(=O)OC(C)(C)C)CC34CC4)c12. The molecule has 312 valence electrons. The smallest absolute Gasteiger partial charge is 0.410 e. The van der Waals surface area contributed by atoms with Gasteiger partial charge in [0.25, 0.3) is 0 Å². The average Bonchev–Trinajstić information content (AvgIpc) is 3.78. The topological polar surface area (TPSA) is 91.1 Å². The summed E-state index contributed by atoms with van der Waals surface area (Å²) in [4.78, 5) is 32.0. The maximum atomic E-state index is 14.6. The summed E-state index contributed by atoms with van der Waals surface area (Å²) in [6, 6.07) is 18.3. The standard InChI is InChI=1S/C45H56ClN5O5.C2H6/c1-29-37(30(2)48(9)47-29)38-35(46)20-19-34-33(17-13-27-54-36-18-12-15-31-14-10-11-16-32(31)36)40(41(52)55-43(3,4)5)51(39(34)38)26-25-50-24-23-49(28-45(50)21-22-45)42(53)56-44(6,7)8;1-2/h10-12,14-16,18-20H,13,17,21-28H2,1-9H3;1-2H3. The van der Waals surface area contributed by atoms with Gasteiger partial charge in [-0.05, 0) is 104 Å². The third-order valence-corrected chi connectivity index (χ3v) is 11.4. The Labute approximate surface area is 349 Å². The van der Waals surface area contributed by atoms with Crippen LogP contribution >= 0.6 is 11.6 Å². The minimum absolute atomic E-state index is 0.108. The molecule has 0 radical (unpaired) electrons. The van der Waals surface area contributed by atoms with E-state index in [9.17, 15) is 9.59 Å². The Kier molecular flexibility index (Phi) is 12.6. The first-order chi connectivity index (χ1) is 27.5. The summed E-state index contributed by atoms with van der Waals surface area (Å²) in [7, 11) is 1.94. The predicted molar refractivity (Wildman–Crippen MR) is 234 cm³/mol. The van der Waals surface area contributed by atoms with Gasteiger partial charge in [-0.1, -0.05) is 67.9 Å². The molecule has 2 aromatic heterocycles. The summed E-state index contributed by atoms with van der Waals surface area (Å²) in [5, 5.41) is 8.54. The normalized spacial score (nSPS) is 15.4. The molecule has 11 heteroatoms. The van der Waals surface area contributed by atoms with Crippen LogP contribution in [0, 0.1) is 13.8 Å². The Balaban J connectivity index is 0.00000279. The Bertz CT molecular complexity index is 2290. The fourth-order valence-corrected chi connectivity index (χ4v) is 8.59. The highest BCUT2D eigenvalue weighted by atomic mass is 35.5. The summed E-state index contributed by atoms with van der Waals surface area (Å²) in [5.41, 5.74) is 4.68. The second-order valence-corrected chi connectivity index (χ2v) is 17.9. The van der Waals surface area contributed by atoms with Gasteiger partial charge in [-0.25, -0.2) is 9.59 Å². The van der Waals surface area contributed by atoms with Gasteiger partial charge in [-0.3, -0.25) is 9.58 Å². The number of fused-ring (bicyclic) bond motifs is 2. The third-order valence-electron chi connectivity index (χ3n) is 11.1. The van der Waals surface area contributed by atoms with Gasteiger partial charge >= 0.3 is 12.1 Å². The van der Waals surface area contributed by atoms with Crippen LogP contribution in [0.2, 0.25) is 5.02 Å². The molecule has 10 nitrogen and oxygen atoms in total. The predicted octanol–water partition coefficient (Wildman–Crippen LogP) is 10.5. The molecule has 1 aliphatic heterocycles. The number of hydrogen-bond acceptors (Lipinski definition) is 7. The van der Waals surface area contributed by atoms with Crippen molar-refractivity contribution < 1.29 is 23.8 Å². The van der Waals surface area contributed by atoms with Gasteiger partial charge in [0.05, 0.1) is 22.8 Å². The molecule has 1 amide bonds. The molecule has 7 rings (SSSR count). The van der Waals surface area contributed by atoms with Crippen molar-refractivity contribution in [3.8, 4) is 16.9 Å². The lowest BCUT2D eigenvalue weighted by Gasteiger charge is -2.42. The lowest BCUT2D eigenvalue weighted by Crippen LogP contribution is -2.57. The number of hydrogen-bond donors (Lipinski definition) is 0. The third kappa shape index (κ3) is 9.03. The molecule has 3 heterocycles. The van der Waals surface area contributed by atoms with Crippen LogP contribution < -0.4 is 4.74 Å². The highest BCUT2D eigenvalue weighted by Gasteiger charge is 2.52. The second-order valence-electron chi connectivity index (χ2n) is 17.5. The second kappa shape index (κ2) is 17.0. The first-order valence-corrected chi connectivity index (χ1v) is 21.3. The van der Waals surface area contributed by atoms with E-state index >= 15 is 0 Å². The van der Waals surface area contributed by atoms with E-state index in [0.717, 1.165) is 68.3 Å². The zero-order chi connectivity index (χ0) is 42.2. The summed E-state index contributed by atoms with van der Waals surface area (Å²) in [6.07, 6.45) is 3.02. The molecule has 1 aliphatic carbocycles. The van der Waals surface area contributed by atoms with E-state index in [0.29, 0.717) is 62.9 Å². The van der Waals surface area contributed by atoms with Crippen LogP contribution in [0.15, 0.2) is 54.6 Å². The molecule has 1 spiro atoms. The van der Waals surface area contributed by atoms with Gasteiger partial charge in [-0.2, -0.15) is 5.10 Å². The summed E-state index contributed by atoms with van der Waals surface area (Å²) in [6.45, 7) is 23.1. The average molecular weight is 812 g/mol. The van der Waals surface area contributed by atoms with Crippen LogP contribution in [0.4, 0.5) is 4.79 Å². The highest BCUT2D eigenvalue weighted by molar-refractivity contribution is 6.35. The van der Waals surface area contributed by atoms with Gasteiger partial charge in [0.15, 0.2) is 0 Å². The van der Waals surface area contributed by atoms with Gasteiger partial charge in [0, 0.05) is 72.9 Å². The van der Waals surface area contributed by atoms with Crippen molar-refractivity contribution in [2.24, 2.45) is 7.05 Å². The molecule has 1 saturated heterocycles. The van der Waals surface area contributed by atoms with Gasteiger partial charge in [0.1, 0.15) is 22.6 Å². The zero-order valence-corrected chi connectivity index (χ0v) is 37.2.